The SMILES string of the molecule is O=C1CCC(c2cc(OC(F)(F)F)ccc2Cl)CC1. The number of carbonyl (C=O) groups is 1. The molecule has 1 saturated carbocycles. The topological polar surface area (TPSA) is 26.3 Å². The van der Waals surface area contributed by atoms with Gasteiger partial charge in [0.2, 0.25) is 0 Å². The Bertz CT molecular complexity index is 475. The van der Waals surface area contributed by atoms with E-state index in [1.54, 1.807) is 0 Å². The van der Waals surface area contributed by atoms with E-state index < -0.39 is 6.36 Å². The molecule has 0 aromatic heterocycles. The lowest BCUT2D eigenvalue weighted by atomic mass is 9.83. The first kappa shape index (κ1) is 14.2. The molecule has 0 aliphatic heterocycles. The van der Waals surface area contributed by atoms with Crippen LogP contribution < -0.4 is 4.74 Å². The molecule has 0 unspecified atom stereocenters. The molecule has 1 fully saturated rings. The van der Waals surface area contributed by atoms with E-state index in [0.717, 1.165) is 0 Å². The van der Waals surface area contributed by atoms with Gasteiger partial charge in [-0.2, -0.15) is 0 Å². The van der Waals surface area contributed by atoms with E-state index in [1.165, 1.54) is 18.2 Å². The molecule has 0 spiro atoms. The van der Waals surface area contributed by atoms with Crippen molar-refractivity contribution in [3.05, 3.63) is 28.8 Å². The first-order valence-corrected chi connectivity index (χ1v) is 6.30. The fourth-order valence-corrected chi connectivity index (χ4v) is 2.55. The van der Waals surface area contributed by atoms with E-state index in [-0.39, 0.29) is 17.5 Å². The van der Waals surface area contributed by atoms with Gasteiger partial charge in [-0.1, -0.05) is 11.6 Å². The molecule has 0 saturated heterocycles. The average molecular weight is 293 g/mol. The highest BCUT2D eigenvalue weighted by Crippen LogP contribution is 2.37. The van der Waals surface area contributed by atoms with Crippen LogP contribution in [0, 0.1) is 0 Å². The van der Waals surface area contributed by atoms with Crippen molar-refractivity contribution < 1.29 is 22.7 Å². The van der Waals surface area contributed by atoms with Crippen LogP contribution in [0.15, 0.2) is 18.2 Å². The summed E-state index contributed by atoms with van der Waals surface area (Å²) >= 11 is 6.02. The molecule has 19 heavy (non-hydrogen) atoms. The number of ketones is 1. The second-order valence-corrected chi connectivity index (χ2v) is 4.95. The van der Waals surface area contributed by atoms with E-state index >= 15 is 0 Å². The molecule has 2 nitrogen and oxygen atoms in total. The van der Waals surface area contributed by atoms with Crippen molar-refractivity contribution in [1.29, 1.82) is 0 Å². The third-order valence-corrected chi connectivity index (χ3v) is 3.53. The minimum Gasteiger partial charge on any atom is -0.406 e. The molecule has 0 heterocycles. The van der Waals surface area contributed by atoms with E-state index in [4.69, 9.17) is 11.6 Å². The lowest BCUT2D eigenvalue weighted by molar-refractivity contribution is -0.274. The van der Waals surface area contributed by atoms with Crippen molar-refractivity contribution in [2.24, 2.45) is 0 Å². The number of benzene rings is 1. The highest BCUT2D eigenvalue weighted by atomic mass is 35.5. The van der Waals surface area contributed by atoms with Gasteiger partial charge in [0.25, 0.3) is 0 Å². The van der Waals surface area contributed by atoms with Crippen LogP contribution in [0.25, 0.3) is 0 Å². The second kappa shape index (κ2) is 5.41. The molecule has 0 radical (unpaired) electrons. The van der Waals surface area contributed by atoms with Crippen LogP contribution in [0.3, 0.4) is 0 Å². The molecular formula is C13H12ClF3O2. The lowest BCUT2D eigenvalue weighted by Crippen LogP contribution is -2.18. The maximum atomic E-state index is 12.2. The van der Waals surface area contributed by atoms with Gasteiger partial charge >= 0.3 is 6.36 Å². The third kappa shape index (κ3) is 3.86. The van der Waals surface area contributed by atoms with Crippen molar-refractivity contribution >= 4 is 17.4 Å². The molecule has 104 valence electrons. The largest absolute Gasteiger partial charge is 0.573 e. The Balaban J connectivity index is 2.19. The Labute approximate surface area is 113 Å². The Morgan fingerprint density at radius 3 is 2.42 bits per heavy atom. The van der Waals surface area contributed by atoms with Crippen LogP contribution >= 0.6 is 11.6 Å². The number of hydrogen-bond donors (Lipinski definition) is 0. The summed E-state index contributed by atoms with van der Waals surface area (Å²) in [6, 6.07) is 3.90. The number of ether oxygens (including phenoxy) is 1. The standard InChI is InChI=1S/C13H12ClF3O2/c14-12-6-5-10(19-13(15,16)17)7-11(12)8-1-3-9(18)4-2-8/h5-8H,1-4H2. The zero-order valence-corrected chi connectivity index (χ0v) is 10.7. The van der Waals surface area contributed by atoms with Gasteiger partial charge in [0.05, 0.1) is 0 Å². The highest BCUT2D eigenvalue weighted by molar-refractivity contribution is 6.31. The van der Waals surface area contributed by atoms with Crippen molar-refractivity contribution in [2.75, 3.05) is 0 Å². The van der Waals surface area contributed by atoms with Crippen LogP contribution in [0.5, 0.6) is 5.75 Å². The quantitative estimate of drug-likeness (QED) is 0.804. The fraction of sp³-hybridized carbons (Fsp3) is 0.462. The number of alkyl halides is 3. The first-order chi connectivity index (χ1) is 8.85. The summed E-state index contributed by atoms with van der Waals surface area (Å²) < 4.78 is 40.4. The molecule has 0 amide bonds. The molecule has 1 aromatic rings. The number of halogens is 4. The van der Waals surface area contributed by atoms with Gasteiger partial charge in [0.1, 0.15) is 11.5 Å². The Morgan fingerprint density at radius 2 is 1.84 bits per heavy atom. The molecule has 2 rings (SSSR count). The minimum atomic E-state index is -4.71. The summed E-state index contributed by atoms with van der Waals surface area (Å²) in [6.07, 6.45) is -2.58. The normalized spacial score (nSPS) is 17.6. The van der Waals surface area contributed by atoms with Crippen LogP contribution in [0.1, 0.15) is 37.2 Å². The molecule has 0 atom stereocenters. The van der Waals surface area contributed by atoms with Gasteiger partial charge in [0.15, 0.2) is 0 Å². The van der Waals surface area contributed by atoms with Crippen molar-refractivity contribution in [1.82, 2.24) is 0 Å². The number of Topliss-reactive ketones (excluding diaryl/α,β-unsaturated/α-hetero) is 1. The summed E-state index contributed by atoms with van der Waals surface area (Å²) in [6.45, 7) is 0. The lowest BCUT2D eigenvalue weighted by Gasteiger charge is -2.23. The Hall–Kier alpha value is -1.23. The monoisotopic (exact) mass is 292 g/mol. The van der Waals surface area contributed by atoms with Gasteiger partial charge in [-0.25, -0.2) is 0 Å². The van der Waals surface area contributed by atoms with Crippen molar-refractivity contribution in [3.63, 3.8) is 0 Å². The van der Waals surface area contributed by atoms with Crippen LogP contribution in [0.4, 0.5) is 13.2 Å². The van der Waals surface area contributed by atoms with Crippen LogP contribution in [-0.2, 0) is 4.79 Å². The minimum absolute atomic E-state index is 0.0157. The first-order valence-electron chi connectivity index (χ1n) is 5.92. The number of carbonyl (C=O) groups excluding carboxylic acids is 1. The van der Waals surface area contributed by atoms with E-state index in [9.17, 15) is 18.0 Å². The third-order valence-electron chi connectivity index (χ3n) is 3.18. The molecule has 0 bridgehead atoms. The molecule has 1 aliphatic rings. The van der Waals surface area contributed by atoms with E-state index in [2.05, 4.69) is 4.74 Å². The zero-order valence-electron chi connectivity index (χ0n) is 9.97. The van der Waals surface area contributed by atoms with E-state index in [0.29, 0.717) is 36.3 Å². The second-order valence-electron chi connectivity index (χ2n) is 4.54. The van der Waals surface area contributed by atoms with E-state index in [1.807, 2.05) is 0 Å². The maximum absolute atomic E-state index is 12.2. The van der Waals surface area contributed by atoms with Crippen molar-refractivity contribution in [2.45, 2.75) is 38.0 Å². The van der Waals surface area contributed by atoms with Crippen LogP contribution in [-0.4, -0.2) is 12.1 Å². The molecule has 0 N–H and O–H groups in total. The predicted octanol–water partition coefficient (Wildman–Crippen LogP) is 4.47. The maximum Gasteiger partial charge on any atom is 0.573 e. The molecule has 1 aromatic carbocycles. The van der Waals surface area contributed by atoms with Gasteiger partial charge in [0, 0.05) is 17.9 Å². The van der Waals surface area contributed by atoms with Crippen molar-refractivity contribution in [3.8, 4) is 5.75 Å². The summed E-state index contributed by atoms with van der Waals surface area (Å²) in [5, 5.41) is 0.411. The smallest absolute Gasteiger partial charge is 0.406 e. The van der Waals surface area contributed by atoms with Gasteiger partial charge in [-0.3, -0.25) is 4.79 Å². The van der Waals surface area contributed by atoms with Gasteiger partial charge in [-0.15, -0.1) is 13.2 Å². The fourth-order valence-electron chi connectivity index (χ4n) is 2.28. The Kier molecular flexibility index (Phi) is 4.04. The number of hydrogen-bond acceptors (Lipinski definition) is 2. The summed E-state index contributed by atoms with van der Waals surface area (Å²) in [5.41, 5.74) is 0.621. The summed E-state index contributed by atoms with van der Waals surface area (Å²) in [4.78, 5) is 11.2. The summed E-state index contributed by atoms with van der Waals surface area (Å²) in [5.74, 6) is -0.0687. The van der Waals surface area contributed by atoms with Gasteiger partial charge in [-0.05, 0) is 42.5 Å². The molecular weight excluding hydrogens is 281 g/mol. The Morgan fingerprint density at radius 1 is 1.21 bits per heavy atom. The van der Waals surface area contributed by atoms with Gasteiger partial charge < -0.3 is 4.74 Å². The van der Waals surface area contributed by atoms with Crippen LogP contribution in [0.2, 0.25) is 5.02 Å². The highest BCUT2D eigenvalue weighted by Gasteiger charge is 2.31. The molecule has 6 heteroatoms. The zero-order chi connectivity index (χ0) is 14.0. The average Bonchev–Trinajstić information content (AvgIpc) is 2.31. The summed E-state index contributed by atoms with van der Waals surface area (Å²) in [7, 11) is 0. The number of rotatable bonds is 2. The predicted molar refractivity (Wildman–Crippen MR) is 64.4 cm³/mol. The molecule has 1 aliphatic carbocycles.